The minimum Gasteiger partial charge on any atom is -0.307 e. The van der Waals surface area contributed by atoms with Crippen molar-refractivity contribution in [1.82, 2.24) is 37.8 Å². The Morgan fingerprint density at radius 2 is 0.442 bits per heavy atom. The van der Waals surface area contributed by atoms with E-state index in [0.717, 1.165) is 122 Å². The van der Waals surface area contributed by atoms with E-state index in [1.54, 1.807) is 0 Å². The van der Waals surface area contributed by atoms with E-state index in [1.165, 1.54) is 43.1 Å². The van der Waals surface area contributed by atoms with E-state index in [1.807, 2.05) is 0 Å². The summed E-state index contributed by atoms with van der Waals surface area (Å²) in [6, 6.07) is 118. The molecule has 0 saturated carbocycles. The first kappa shape index (κ1) is 52.8. The number of rotatable bonds is 9. The zero-order valence-electron chi connectivity index (χ0n) is 51.3. The number of benzene rings is 14. The summed E-state index contributed by atoms with van der Waals surface area (Å²) >= 11 is 0. The third-order valence-corrected chi connectivity index (χ3v) is 19.5. The standard InChI is InChI=1S/C87H54N8/c1-5-21-55(22-6-1)57-37-41-59(42-38-57)85-88-86(60-43-39-58(40-44-60)56-23-7-2-8-24-56)90-87(89-85)95-79-51-45-63(93-77-35-19-15-31-67(77)71-49-47-69-65-29-13-17-33-75(65)91(81(69)83(71)93)61-25-9-3-10-26-61)53-73(79)74-54-64(46-52-80(74)95)94-78-36-20-16-32-68(78)72-50-48-70-66-30-14-18-34-76(66)92(82(70)84(72)94)62-27-11-4-12-28-62/h1-54H. The summed E-state index contributed by atoms with van der Waals surface area (Å²) in [5.74, 6) is 1.67. The fraction of sp³-hybridized carbons (Fsp3) is 0. The van der Waals surface area contributed by atoms with Gasteiger partial charge in [0.1, 0.15) is 0 Å². The van der Waals surface area contributed by atoms with Crippen LogP contribution in [0.5, 0.6) is 0 Å². The smallest absolute Gasteiger partial charge is 0.238 e. The first-order valence-electron chi connectivity index (χ1n) is 32.3. The monoisotopic (exact) mass is 1210 g/mol. The Labute approximate surface area is 545 Å². The molecule has 0 radical (unpaired) electrons. The van der Waals surface area contributed by atoms with Gasteiger partial charge < -0.3 is 18.3 Å². The molecule has 0 saturated heterocycles. The summed E-state index contributed by atoms with van der Waals surface area (Å²) in [6.45, 7) is 0. The van der Waals surface area contributed by atoms with Crippen molar-refractivity contribution in [1.29, 1.82) is 0 Å². The molecule has 442 valence electrons. The van der Waals surface area contributed by atoms with E-state index in [4.69, 9.17) is 15.0 Å². The summed E-state index contributed by atoms with van der Waals surface area (Å²) in [5, 5.41) is 11.6. The second-order valence-corrected chi connectivity index (χ2v) is 24.7. The molecule has 6 aromatic heterocycles. The van der Waals surface area contributed by atoms with Crippen LogP contribution in [0.25, 0.3) is 183 Å². The van der Waals surface area contributed by atoms with Crippen LogP contribution in [0, 0.1) is 0 Å². The SMILES string of the molecule is c1ccc(-c2ccc(-c3nc(-c4ccc(-c5ccccc5)cc4)nc(-n4c5ccc(-n6c7ccccc7c7ccc8c9ccccc9n(-c9ccccc9)c8c76)cc5c5cc(-n6c7ccccc7c7ccc8c9ccccc9n(-c9ccccc9)c8c76)ccc54)n3)cc2)cc1. The molecule has 0 unspecified atom stereocenters. The van der Waals surface area contributed by atoms with Crippen LogP contribution >= 0.6 is 0 Å². The maximum absolute atomic E-state index is 5.56. The van der Waals surface area contributed by atoms with Crippen molar-refractivity contribution >= 4 is 109 Å². The molecule has 20 rings (SSSR count). The van der Waals surface area contributed by atoms with Crippen LogP contribution in [-0.4, -0.2) is 37.8 Å². The molecular formula is C87H54N8. The molecule has 14 aromatic carbocycles. The summed E-state index contributed by atoms with van der Waals surface area (Å²) in [7, 11) is 0. The zero-order chi connectivity index (χ0) is 62.2. The number of hydrogen-bond donors (Lipinski definition) is 0. The lowest BCUT2D eigenvalue weighted by atomic mass is 10.0. The largest absolute Gasteiger partial charge is 0.307 e. The van der Waals surface area contributed by atoms with Crippen molar-refractivity contribution in [3.8, 4) is 73.7 Å². The van der Waals surface area contributed by atoms with Crippen LogP contribution in [0.15, 0.2) is 328 Å². The number of fused-ring (bicyclic) bond motifs is 17. The molecule has 95 heavy (non-hydrogen) atoms. The lowest BCUT2D eigenvalue weighted by Crippen LogP contribution is -2.06. The van der Waals surface area contributed by atoms with E-state index in [2.05, 4.69) is 350 Å². The van der Waals surface area contributed by atoms with E-state index in [0.29, 0.717) is 17.6 Å². The Morgan fingerprint density at radius 3 is 0.789 bits per heavy atom. The lowest BCUT2D eigenvalue weighted by Gasteiger charge is -2.13. The summed E-state index contributed by atoms with van der Waals surface area (Å²) in [4.78, 5) is 16.5. The fourth-order valence-corrected chi connectivity index (χ4v) is 15.3. The molecule has 0 aliphatic carbocycles. The Hall–Kier alpha value is -12.9. The maximum atomic E-state index is 5.56. The molecule has 0 N–H and O–H groups in total. The summed E-state index contributed by atoms with van der Waals surface area (Å²) < 4.78 is 12.2. The number of nitrogens with zero attached hydrogens (tertiary/aromatic N) is 8. The van der Waals surface area contributed by atoms with Gasteiger partial charge in [-0.15, -0.1) is 0 Å². The van der Waals surface area contributed by atoms with Crippen LogP contribution in [0.2, 0.25) is 0 Å². The van der Waals surface area contributed by atoms with E-state index < -0.39 is 0 Å². The molecule has 0 aliphatic rings. The number of hydrogen-bond acceptors (Lipinski definition) is 3. The Kier molecular flexibility index (Phi) is 11.6. The number of para-hydroxylation sites is 6. The molecule has 6 heterocycles. The van der Waals surface area contributed by atoms with Gasteiger partial charge >= 0.3 is 0 Å². The zero-order valence-corrected chi connectivity index (χ0v) is 51.3. The van der Waals surface area contributed by atoms with Gasteiger partial charge in [-0.05, 0) is 107 Å². The van der Waals surface area contributed by atoms with Crippen LogP contribution < -0.4 is 0 Å². The van der Waals surface area contributed by atoms with Crippen molar-refractivity contribution in [3.05, 3.63) is 328 Å². The quantitative estimate of drug-likeness (QED) is 0.145. The summed E-state index contributed by atoms with van der Waals surface area (Å²) in [5.41, 5.74) is 21.6. The van der Waals surface area contributed by atoms with Crippen LogP contribution in [0.4, 0.5) is 0 Å². The molecule has 20 aromatic rings. The molecule has 0 fully saturated rings. The van der Waals surface area contributed by atoms with Gasteiger partial charge in [-0.1, -0.05) is 243 Å². The van der Waals surface area contributed by atoms with E-state index in [-0.39, 0.29) is 0 Å². The van der Waals surface area contributed by atoms with Gasteiger partial charge in [0, 0.05) is 87.7 Å². The highest BCUT2D eigenvalue weighted by Crippen LogP contribution is 2.46. The Morgan fingerprint density at radius 1 is 0.168 bits per heavy atom. The van der Waals surface area contributed by atoms with Crippen molar-refractivity contribution in [3.63, 3.8) is 0 Å². The topological polar surface area (TPSA) is 63.3 Å². The molecule has 0 amide bonds. The van der Waals surface area contributed by atoms with Gasteiger partial charge in [-0.25, -0.2) is 4.98 Å². The highest BCUT2D eigenvalue weighted by atomic mass is 15.2. The van der Waals surface area contributed by atoms with Gasteiger partial charge in [0.2, 0.25) is 5.95 Å². The van der Waals surface area contributed by atoms with Crippen LogP contribution in [0.1, 0.15) is 0 Å². The van der Waals surface area contributed by atoms with Gasteiger partial charge in [-0.3, -0.25) is 4.57 Å². The maximum Gasteiger partial charge on any atom is 0.238 e. The predicted molar refractivity (Wildman–Crippen MR) is 393 cm³/mol. The average molecular weight is 1210 g/mol. The molecular weight excluding hydrogens is 1160 g/mol. The minimum atomic E-state index is 0.515. The third-order valence-electron chi connectivity index (χ3n) is 19.5. The van der Waals surface area contributed by atoms with Crippen molar-refractivity contribution in [2.24, 2.45) is 0 Å². The molecule has 0 atom stereocenters. The van der Waals surface area contributed by atoms with Crippen LogP contribution in [0.3, 0.4) is 0 Å². The Bertz CT molecular complexity index is 6080. The van der Waals surface area contributed by atoms with E-state index >= 15 is 0 Å². The lowest BCUT2D eigenvalue weighted by molar-refractivity contribution is 0.953. The highest BCUT2D eigenvalue weighted by molar-refractivity contribution is 6.26. The molecule has 8 nitrogen and oxygen atoms in total. The molecule has 0 spiro atoms. The highest BCUT2D eigenvalue weighted by Gasteiger charge is 2.26. The predicted octanol–water partition coefficient (Wildman–Crippen LogP) is 22.0. The van der Waals surface area contributed by atoms with E-state index in [9.17, 15) is 0 Å². The average Bonchev–Trinajstić information content (AvgIpc) is 1.56. The number of aromatic nitrogens is 8. The molecule has 0 bridgehead atoms. The fourth-order valence-electron chi connectivity index (χ4n) is 15.3. The third kappa shape index (κ3) is 8.05. The Balaban J connectivity index is 0.887. The molecule has 8 heteroatoms. The van der Waals surface area contributed by atoms with Crippen molar-refractivity contribution in [2.45, 2.75) is 0 Å². The first-order valence-corrected chi connectivity index (χ1v) is 32.3. The van der Waals surface area contributed by atoms with Crippen LogP contribution in [-0.2, 0) is 0 Å². The van der Waals surface area contributed by atoms with Crippen molar-refractivity contribution < 1.29 is 0 Å². The second kappa shape index (κ2) is 20.8. The van der Waals surface area contributed by atoms with Gasteiger partial charge in [0.25, 0.3) is 0 Å². The van der Waals surface area contributed by atoms with Crippen molar-refractivity contribution in [2.75, 3.05) is 0 Å². The molecule has 0 aliphatic heterocycles. The van der Waals surface area contributed by atoms with Gasteiger partial charge in [0.15, 0.2) is 11.6 Å². The normalized spacial score (nSPS) is 12.0. The first-order chi connectivity index (χ1) is 47.1. The van der Waals surface area contributed by atoms with Gasteiger partial charge in [0.05, 0.1) is 55.2 Å². The summed E-state index contributed by atoms with van der Waals surface area (Å²) in [6.07, 6.45) is 0. The second-order valence-electron chi connectivity index (χ2n) is 24.7. The van der Waals surface area contributed by atoms with Gasteiger partial charge in [-0.2, -0.15) is 9.97 Å². The minimum absolute atomic E-state index is 0.515.